The molecular weight excluding hydrogens is 214 g/mol. The molecule has 17 heavy (non-hydrogen) atoms. The number of rotatable bonds is 8. The van der Waals surface area contributed by atoms with Crippen LogP contribution in [0.2, 0.25) is 0 Å². The molecule has 0 unspecified atom stereocenters. The lowest BCUT2D eigenvalue weighted by Crippen LogP contribution is -2.47. The van der Waals surface area contributed by atoms with Crippen LogP contribution in [0.25, 0.3) is 0 Å². The lowest BCUT2D eigenvalue weighted by molar-refractivity contribution is -0.0274. The molecule has 1 atom stereocenters. The molecule has 0 aromatic carbocycles. The molecule has 4 nitrogen and oxygen atoms in total. The smallest absolute Gasteiger partial charge is 0.0826 e. The summed E-state index contributed by atoms with van der Waals surface area (Å²) in [5, 5.41) is 3.36. The van der Waals surface area contributed by atoms with Gasteiger partial charge in [-0.3, -0.25) is 4.90 Å². The highest BCUT2D eigenvalue weighted by molar-refractivity contribution is 4.73. The fourth-order valence-electron chi connectivity index (χ4n) is 2.13. The van der Waals surface area contributed by atoms with E-state index in [0.29, 0.717) is 6.10 Å². The maximum atomic E-state index is 5.74. The van der Waals surface area contributed by atoms with E-state index in [9.17, 15) is 0 Å². The molecule has 1 N–H and O–H groups in total. The van der Waals surface area contributed by atoms with Crippen molar-refractivity contribution < 1.29 is 6.16 Å². The van der Waals surface area contributed by atoms with Crippen molar-refractivity contribution in [3.05, 3.63) is 0 Å². The standard InChI is InChI=1S/C13H29N3O.H2/c1-4-14-11-13-12-16(9-10-17-13)8-6-7-15(3)5-2;/h13-14H,4-12H2,1-3H3;1H/t13-;/m0./s1. The van der Waals surface area contributed by atoms with E-state index in [2.05, 4.69) is 36.0 Å². The van der Waals surface area contributed by atoms with Gasteiger partial charge in [0, 0.05) is 21.1 Å². The zero-order valence-electron chi connectivity index (χ0n) is 11.7. The van der Waals surface area contributed by atoms with Gasteiger partial charge in [-0.25, -0.2) is 0 Å². The predicted molar refractivity (Wildman–Crippen MR) is 74.6 cm³/mol. The van der Waals surface area contributed by atoms with E-state index in [4.69, 9.17) is 4.74 Å². The number of nitrogens with zero attached hydrogens (tertiary/aromatic N) is 2. The van der Waals surface area contributed by atoms with Crippen molar-refractivity contribution in [3.8, 4) is 0 Å². The fraction of sp³-hybridized carbons (Fsp3) is 1.00. The summed E-state index contributed by atoms with van der Waals surface area (Å²) >= 11 is 0. The molecule has 1 heterocycles. The van der Waals surface area contributed by atoms with Gasteiger partial charge >= 0.3 is 0 Å². The third kappa shape index (κ3) is 6.36. The Bertz CT molecular complexity index is 195. The minimum Gasteiger partial charge on any atom is -0.374 e. The molecule has 1 aliphatic rings. The minimum atomic E-state index is 0. The summed E-state index contributed by atoms with van der Waals surface area (Å²) in [6.45, 7) is 13.0. The molecule has 104 valence electrons. The van der Waals surface area contributed by atoms with E-state index < -0.39 is 0 Å². The number of morpholine rings is 1. The zero-order valence-corrected chi connectivity index (χ0v) is 11.7. The Morgan fingerprint density at radius 3 is 3.00 bits per heavy atom. The Morgan fingerprint density at radius 2 is 2.29 bits per heavy atom. The first-order valence-electron chi connectivity index (χ1n) is 6.99. The summed E-state index contributed by atoms with van der Waals surface area (Å²) in [4.78, 5) is 4.91. The van der Waals surface area contributed by atoms with Gasteiger partial charge in [0.05, 0.1) is 12.7 Å². The summed E-state index contributed by atoms with van der Waals surface area (Å²) in [6, 6.07) is 0. The highest BCUT2D eigenvalue weighted by Gasteiger charge is 2.19. The molecule has 1 saturated heterocycles. The third-order valence-electron chi connectivity index (χ3n) is 3.40. The van der Waals surface area contributed by atoms with Crippen molar-refractivity contribution in [2.75, 3.05) is 59.5 Å². The summed E-state index contributed by atoms with van der Waals surface area (Å²) < 4.78 is 5.74. The molecule has 0 amide bonds. The summed E-state index contributed by atoms with van der Waals surface area (Å²) in [5.41, 5.74) is 0. The van der Waals surface area contributed by atoms with Crippen molar-refractivity contribution >= 4 is 0 Å². The molecule has 1 rings (SSSR count). The van der Waals surface area contributed by atoms with Crippen molar-refractivity contribution in [1.82, 2.24) is 15.1 Å². The second-order valence-corrected chi connectivity index (χ2v) is 4.85. The highest BCUT2D eigenvalue weighted by Crippen LogP contribution is 2.05. The number of nitrogens with one attached hydrogen (secondary N) is 1. The first-order valence-corrected chi connectivity index (χ1v) is 6.99. The average Bonchev–Trinajstić information content (AvgIpc) is 2.36. The molecule has 0 radical (unpaired) electrons. The quantitative estimate of drug-likeness (QED) is 0.687. The molecule has 4 heteroatoms. The Kier molecular flexibility index (Phi) is 7.77. The van der Waals surface area contributed by atoms with Crippen LogP contribution < -0.4 is 5.32 Å². The van der Waals surface area contributed by atoms with Gasteiger partial charge in [-0.1, -0.05) is 13.8 Å². The van der Waals surface area contributed by atoms with Gasteiger partial charge in [-0.05, 0) is 39.6 Å². The van der Waals surface area contributed by atoms with Crippen molar-refractivity contribution in [2.24, 2.45) is 0 Å². The molecule has 0 spiro atoms. The molecule has 0 aliphatic carbocycles. The third-order valence-corrected chi connectivity index (χ3v) is 3.40. The second kappa shape index (κ2) is 8.86. The van der Waals surface area contributed by atoms with Crippen LogP contribution in [0.15, 0.2) is 0 Å². The van der Waals surface area contributed by atoms with Gasteiger partial charge in [0.2, 0.25) is 0 Å². The first kappa shape index (κ1) is 14.9. The van der Waals surface area contributed by atoms with Crippen LogP contribution in [0, 0.1) is 0 Å². The lowest BCUT2D eigenvalue weighted by Gasteiger charge is -2.33. The molecular formula is C13H31N3O. The Morgan fingerprint density at radius 1 is 1.47 bits per heavy atom. The van der Waals surface area contributed by atoms with E-state index >= 15 is 0 Å². The summed E-state index contributed by atoms with van der Waals surface area (Å²) in [5.74, 6) is 0. The molecule has 1 aliphatic heterocycles. The van der Waals surface area contributed by atoms with Crippen molar-refractivity contribution in [1.29, 1.82) is 0 Å². The number of hydrogen-bond donors (Lipinski definition) is 1. The van der Waals surface area contributed by atoms with Gasteiger partial charge in [-0.15, -0.1) is 0 Å². The molecule has 0 aromatic heterocycles. The molecule has 0 aromatic rings. The first-order chi connectivity index (χ1) is 8.26. The second-order valence-electron chi connectivity index (χ2n) is 4.85. The van der Waals surface area contributed by atoms with E-state index in [1.165, 1.54) is 19.5 Å². The number of ether oxygens (including phenoxy) is 1. The SMILES string of the molecule is CCNC[C@H]1CN(CCCN(C)CC)CCO1.[HH]. The Hall–Kier alpha value is -0.160. The maximum Gasteiger partial charge on any atom is 0.0826 e. The monoisotopic (exact) mass is 245 g/mol. The molecule has 1 fully saturated rings. The van der Waals surface area contributed by atoms with E-state index in [1.807, 2.05) is 0 Å². The highest BCUT2D eigenvalue weighted by atomic mass is 16.5. The van der Waals surface area contributed by atoms with Crippen LogP contribution in [-0.2, 0) is 4.74 Å². The van der Waals surface area contributed by atoms with Gasteiger partial charge in [0.25, 0.3) is 0 Å². The average molecular weight is 245 g/mol. The van der Waals surface area contributed by atoms with Crippen LogP contribution in [-0.4, -0.2) is 75.4 Å². The molecule has 0 saturated carbocycles. The summed E-state index contributed by atoms with van der Waals surface area (Å²) in [7, 11) is 2.19. The van der Waals surface area contributed by atoms with E-state index in [1.54, 1.807) is 0 Å². The van der Waals surface area contributed by atoms with Crippen LogP contribution in [0.4, 0.5) is 0 Å². The van der Waals surface area contributed by atoms with Crippen molar-refractivity contribution in [3.63, 3.8) is 0 Å². The fourth-order valence-corrected chi connectivity index (χ4v) is 2.13. The van der Waals surface area contributed by atoms with Gasteiger partial charge in [0.1, 0.15) is 0 Å². The topological polar surface area (TPSA) is 27.7 Å². The zero-order chi connectivity index (χ0) is 12.5. The Balaban J connectivity index is 0.00000289. The van der Waals surface area contributed by atoms with Gasteiger partial charge in [0.15, 0.2) is 0 Å². The maximum absolute atomic E-state index is 5.74. The largest absolute Gasteiger partial charge is 0.374 e. The number of hydrogen-bond acceptors (Lipinski definition) is 4. The van der Waals surface area contributed by atoms with Gasteiger partial charge in [-0.2, -0.15) is 0 Å². The van der Waals surface area contributed by atoms with Gasteiger partial charge < -0.3 is 15.0 Å². The van der Waals surface area contributed by atoms with Crippen LogP contribution in [0.5, 0.6) is 0 Å². The normalized spacial score (nSPS) is 22.2. The lowest BCUT2D eigenvalue weighted by atomic mass is 10.2. The number of likely N-dealkylation sites (N-methyl/N-ethyl adjacent to an activating group) is 1. The Labute approximate surface area is 108 Å². The van der Waals surface area contributed by atoms with Crippen LogP contribution in [0.1, 0.15) is 21.7 Å². The molecule has 0 bridgehead atoms. The minimum absolute atomic E-state index is 0. The predicted octanol–water partition coefficient (Wildman–Crippen LogP) is 0.885. The van der Waals surface area contributed by atoms with E-state index in [0.717, 1.165) is 39.3 Å². The summed E-state index contributed by atoms with van der Waals surface area (Å²) in [6.07, 6.45) is 1.64. The van der Waals surface area contributed by atoms with E-state index in [-0.39, 0.29) is 1.43 Å². The van der Waals surface area contributed by atoms with Crippen LogP contribution in [0.3, 0.4) is 0 Å². The van der Waals surface area contributed by atoms with Crippen LogP contribution >= 0.6 is 0 Å². The van der Waals surface area contributed by atoms with Crippen molar-refractivity contribution in [2.45, 2.75) is 26.4 Å².